The third kappa shape index (κ3) is 4.62. The monoisotopic (exact) mass is 183 g/mol. The molecule has 3 nitrogen and oxygen atoms in total. The number of hydrogen-bond acceptors (Lipinski definition) is 2. The summed E-state index contributed by atoms with van der Waals surface area (Å²) in [6.45, 7) is 2.04. The van der Waals surface area contributed by atoms with Crippen LogP contribution in [0.25, 0.3) is 0 Å². The number of hydrogen-bond donors (Lipinski definition) is 1. The molecule has 0 radical (unpaired) electrons. The predicted octanol–water partition coefficient (Wildman–Crippen LogP) is 1.00. The SMILES string of the molecule is CC(CCc1ccccc1)O[NH3+].[OH-]. The molecule has 1 rings (SSSR count). The van der Waals surface area contributed by atoms with E-state index in [1.165, 1.54) is 5.56 Å². The van der Waals surface area contributed by atoms with Crippen molar-refractivity contribution in [1.29, 1.82) is 0 Å². The topological polar surface area (TPSA) is 66.9 Å². The Morgan fingerprint density at radius 2 is 1.92 bits per heavy atom. The fourth-order valence-electron chi connectivity index (χ4n) is 1.10. The summed E-state index contributed by atoms with van der Waals surface area (Å²) in [7, 11) is 0. The van der Waals surface area contributed by atoms with Crippen LogP contribution in [-0.2, 0) is 11.3 Å². The van der Waals surface area contributed by atoms with Crippen molar-refractivity contribution in [2.75, 3.05) is 0 Å². The van der Waals surface area contributed by atoms with Crippen molar-refractivity contribution in [2.45, 2.75) is 25.9 Å². The van der Waals surface area contributed by atoms with E-state index in [-0.39, 0.29) is 11.6 Å². The summed E-state index contributed by atoms with van der Waals surface area (Å²) in [5.41, 5.74) is 1.36. The van der Waals surface area contributed by atoms with Gasteiger partial charge in [0.15, 0.2) is 0 Å². The Kier molecular flexibility index (Phi) is 6.14. The van der Waals surface area contributed by atoms with Crippen LogP contribution in [0.2, 0.25) is 0 Å². The molecule has 0 fully saturated rings. The Morgan fingerprint density at radius 3 is 2.46 bits per heavy atom. The second-order valence-corrected chi connectivity index (χ2v) is 3.00. The summed E-state index contributed by atoms with van der Waals surface area (Å²) in [6.07, 6.45) is 2.36. The highest BCUT2D eigenvalue weighted by Crippen LogP contribution is 2.04. The van der Waals surface area contributed by atoms with Gasteiger partial charge in [0.05, 0.1) is 0 Å². The molecule has 0 heterocycles. The number of quaternary nitrogens is 1. The van der Waals surface area contributed by atoms with Gasteiger partial charge in [0.25, 0.3) is 0 Å². The minimum absolute atomic E-state index is 0. The summed E-state index contributed by atoms with van der Waals surface area (Å²) in [4.78, 5) is 4.92. The van der Waals surface area contributed by atoms with Crippen LogP contribution in [0.1, 0.15) is 18.9 Å². The van der Waals surface area contributed by atoms with Crippen molar-refractivity contribution in [2.24, 2.45) is 0 Å². The summed E-state index contributed by atoms with van der Waals surface area (Å²) in [6, 6.07) is 10.4. The van der Waals surface area contributed by atoms with Gasteiger partial charge in [0.1, 0.15) is 6.10 Å². The Morgan fingerprint density at radius 1 is 1.31 bits per heavy atom. The molecule has 0 aliphatic rings. The number of benzene rings is 1. The van der Waals surface area contributed by atoms with Crippen LogP contribution in [-0.4, -0.2) is 11.6 Å². The van der Waals surface area contributed by atoms with Gasteiger partial charge < -0.3 is 5.48 Å². The van der Waals surface area contributed by atoms with Gasteiger partial charge in [-0.2, -0.15) is 0 Å². The summed E-state index contributed by atoms with van der Waals surface area (Å²) >= 11 is 0. The molecule has 0 saturated carbocycles. The van der Waals surface area contributed by atoms with Gasteiger partial charge in [-0.25, -0.2) is 10.7 Å². The molecule has 0 saturated heterocycles. The molecule has 0 bridgehead atoms. The van der Waals surface area contributed by atoms with Crippen molar-refractivity contribution >= 4 is 0 Å². The van der Waals surface area contributed by atoms with Crippen LogP contribution in [0.15, 0.2) is 30.3 Å². The number of rotatable bonds is 4. The van der Waals surface area contributed by atoms with Crippen molar-refractivity contribution in [3.63, 3.8) is 0 Å². The van der Waals surface area contributed by atoms with Crippen molar-refractivity contribution in [3.05, 3.63) is 35.9 Å². The molecule has 0 amide bonds. The zero-order valence-electron chi connectivity index (χ0n) is 7.94. The average molecular weight is 183 g/mol. The standard InChI is InChI=1S/C10H16NO.H2O/c1-9(12-11)7-8-10-5-3-2-4-6-10;/h2-6,9H,7-8H2,1,11H3;1H2/q+1;/p-1. The van der Waals surface area contributed by atoms with Crippen LogP contribution in [0.4, 0.5) is 0 Å². The van der Waals surface area contributed by atoms with E-state index in [4.69, 9.17) is 4.84 Å². The lowest BCUT2D eigenvalue weighted by Gasteiger charge is -2.04. The van der Waals surface area contributed by atoms with E-state index >= 15 is 0 Å². The fraction of sp³-hybridized carbons (Fsp3) is 0.400. The molecule has 0 aliphatic heterocycles. The zero-order valence-corrected chi connectivity index (χ0v) is 7.94. The molecule has 3 heteroatoms. The summed E-state index contributed by atoms with van der Waals surface area (Å²) in [5.74, 6) is 3.40. The second-order valence-electron chi connectivity index (χ2n) is 3.00. The van der Waals surface area contributed by atoms with E-state index < -0.39 is 0 Å². The average Bonchev–Trinajstić information content (AvgIpc) is 2.16. The highest BCUT2D eigenvalue weighted by molar-refractivity contribution is 5.14. The van der Waals surface area contributed by atoms with Crippen LogP contribution < -0.4 is 5.90 Å². The van der Waals surface area contributed by atoms with Gasteiger partial charge in [-0.15, -0.1) is 0 Å². The van der Waals surface area contributed by atoms with Gasteiger partial charge in [-0.3, -0.25) is 0 Å². The van der Waals surface area contributed by atoms with E-state index in [9.17, 15) is 0 Å². The normalized spacial score (nSPS) is 11.8. The molecule has 74 valence electrons. The molecule has 1 unspecified atom stereocenters. The Hall–Kier alpha value is -0.900. The molecule has 1 aromatic carbocycles. The van der Waals surface area contributed by atoms with E-state index in [2.05, 4.69) is 30.2 Å². The largest absolute Gasteiger partial charge is 0.870 e. The van der Waals surface area contributed by atoms with Crippen LogP contribution in [0, 0.1) is 0 Å². The fourth-order valence-corrected chi connectivity index (χ4v) is 1.10. The van der Waals surface area contributed by atoms with Crippen molar-refractivity contribution < 1.29 is 16.2 Å². The van der Waals surface area contributed by atoms with E-state index in [0.717, 1.165) is 12.8 Å². The van der Waals surface area contributed by atoms with E-state index in [0.29, 0.717) is 0 Å². The first kappa shape index (κ1) is 12.1. The van der Waals surface area contributed by atoms with Gasteiger partial charge >= 0.3 is 0 Å². The first-order valence-electron chi connectivity index (χ1n) is 4.27. The lowest BCUT2D eigenvalue weighted by molar-refractivity contribution is -0.701. The third-order valence-corrected chi connectivity index (χ3v) is 1.97. The molecule has 1 atom stereocenters. The molecule has 0 aromatic heterocycles. The van der Waals surface area contributed by atoms with Crippen molar-refractivity contribution in [3.8, 4) is 0 Å². The Labute approximate surface area is 78.8 Å². The van der Waals surface area contributed by atoms with E-state index in [1.807, 2.05) is 13.0 Å². The minimum atomic E-state index is 0. The predicted molar refractivity (Wildman–Crippen MR) is 50.1 cm³/mol. The lowest BCUT2D eigenvalue weighted by Crippen LogP contribution is -2.52. The molecule has 13 heavy (non-hydrogen) atoms. The molecule has 0 aliphatic carbocycles. The minimum Gasteiger partial charge on any atom is -0.870 e. The maximum atomic E-state index is 4.92. The molecule has 1 aromatic rings. The maximum Gasteiger partial charge on any atom is 0.114 e. The molecule has 0 spiro atoms. The van der Waals surface area contributed by atoms with Gasteiger partial charge in [0, 0.05) is 0 Å². The van der Waals surface area contributed by atoms with Crippen LogP contribution in [0.5, 0.6) is 0 Å². The molecular formula is C10H17NO2. The van der Waals surface area contributed by atoms with Gasteiger partial charge in [-0.05, 0) is 25.3 Å². The van der Waals surface area contributed by atoms with Crippen LogP contribution >= 0.6 is 0 Å². The van der Waals surface area contributed by atoms with Gasteiger partial charge in [-0.1, -0.05) is 30.3 Å². The first-order valence-corrected chi connectivity index (χ1v) is 4.27. The second kappa shape index (κ2) is 6.60. The quantitative estimate of drug-likeness (QED) is 0.708. The van der Waals surface area contributed by atoms with Gasteiger partial charge in [0.2, 0.25) is 0 Å². The smallest absolute Gasteiger partial charge is 0.114 e. The van der Waals surface area contributed by atoms with Crippen LogP contribution in [0.3, 0.4) is 0 Å². The van der Waals surface area contributed by atoms with Crippen molar-refractivity contribution in [1.82, 2.24) is 0 Å². The lowest BCUT2D eigenvalue weighted by atomic mass is 10.1. The highest BCUT2D eigenvalue weighted by atomic mass is 16.6. The zero-order chi connectivity index (χ0) is 8.81. The molecular weight excluding hydrogens is 166 g/mol. The summed E-state index contributed by atoms with van der Waals surface area (Å²) in [5, 5.41) is 0. The maximum absolute atomic E-state index is 4.92. The highest BCUT2D eigenvalue weighted by Gasteiger charge is 2.01. The Balaban J connectivity index is 0.00000144. The summed E-state index contributed by atoms with van der Waals surface area (Å²) < 4.78 is 0. The molecule has 4 N–H and O–H groups in total. The third-order valence-electron chi connectivity index (χ3n) is 1.97. The number of aryl methyl sites for hydroxylation is 1. The Bertz CT molecular complexity index is 213. The first-order chi connectivity index (χ1) is 5.83. The van der Waals surface area contributed by atoms with E-state index in [1.54, 1.807) is 0 Å².